The minimum atomic E-state index is -0.495. The van der Waals surface area contributed by atoms with Crippen molar-refractivity contribution in [2.24, 2.45) is 5.73 Å². The lowest BCUT2D eigenvalue weighted by Gasteiger charge is -2.08. The molecule has 1 aromatic heterocycles. The molecule has 2 aromatic rings. The SMILES string of the molecule is NC(=O)COc1ccc(Br)c2cnccc12. The van der Waals surface area contributed by atoms with Crippen molar-refractivity contribution in [2.45, 2.75) is 0 Å². The zero-order chi connectivity index (χ0) is 11.5. The van der Waals surface area contributed by atoms with Crippen LogP contribution >= 0.6 is 15.9 Å². The van der Waals surface area contributed by atoms with E-state index in [2.05, 4.69) is 20.9 Å². The summed E-state index contributed by atoms with van der Waals surface area (Å²) in [6.45, 7) is -0.126. The van der Waals surface area contributed by atoms with Gasteiger partial charge in [0.1, 0.15) is 5.75 Å². The van der Waals surface area contributed by atoms with E-state index in [1.165, 1.54) is 0 Å². The number of ether oxygens (including phenoxy) is 1. The van der Waals surface area contributed by atoms with Gasteiger partial charge in [0.2, 0.25) is 0 Å². The summed E-state index contributed by atoms with van der Waals surface area (Å²) in [5, 5.41) is 1.83. The molecule has 82 valence electrons. The molecule has 0 unspecified atom stereocenters. The number of fused-ring (bicyclic) bond motifs is 1. The number of amides is 1. The molecular weight excluding hydrogens is 272 g/mol. The number of pyridine rings is 1. The Bertz CT molecular complexity index is 542. The third-order valence-corrected chi connectivity index (χ3v) is 2.79. The summed E-state index contributed by atoms with van der Waals surface area (Å²) in [7, 11) is 0. The molecule has 0 aliphatic rings. The van der Waals surface area contributed by atoms with Crippen LogP contribution in [0.1, 0.15) is 0 Å². The molecule has 1 aromatic carbocycles. The number of nitrogens with two attached hydrogens (primary N) is 1. The minimum absolute atomic E-state index is 0.126. The molecule has 16 heavy (non-hydrogen) atoms. The van der Waals surface area contributed by atoms with E-state index < -0.39 is 5.91 Å². The van der Waals surface area contributed by atoms with E-state index in [0.29, 0.717) is 5.75 Å². The number of primary amides is 1. The molecule has 0 aliphatic carbocycles. The molecule has 0 atom stereocenters. The van der Waals surface area contributed by atoms with Crippen molar-refractivity contribution in [1.82, 2.24) is 4.98 Å². The van der Waals surface area contributed by atoms with Crippen LogP contribution in [-0.4, -0.2) is 17.5 Å². The van der Waals surface area contributed by atoms with Crippen LogP contribution in [0.25, 0.3) is 10.8 Å². The topological polar surface area (TPSA) is 65.2 Å². The molecule has 0 spiro atoms. The lowest BCUT2D eigenvalue weighted by molar-refractivity contribution is -0.119. The number of hydrogen-bond donors (Lipinski definition) is 1. The van der Waals surface area contributed by atoms with E-state index in [9.17, 15) is 4.79 Å². The minimum Gasteiger partial charge on any atom is -0.483 e. The molecule has 5 heteroatoms. The van der Waals surface area contributed by atoms with Gasteiger partial charge in [-0.3, -0.25) is 9.78 Å². The van der Waals surface area contributed by atoms with Gasteiger partial charge < -0.3 is 10.5 Å². The van der Waals surface area contributed by atoms with E-state index in [1.807, 2.05) is 12.1 Å². The van der Waals surface area contributed by atoms with E-state index in [-0.39, 0.29) is 6.61 Å². The highest BCUT2D eigenvalue weighted by Crippen LogP contribution is 2.30. The maximum Gasteiger partial charge on any atom is 0.255 e. The molecule has 0 aliphatic heterocycles. The van der Waals surface area contributed by atoms with Crippen molar-refractivity contribution in [2.75, 3.05) is 6.61 Å². The number of rotatable bonds is 3. The molecule has 0 saturated carbocycles. The molecule has 0 saturated heterocycles. The van der Waals surface area contributed by atoms with Crippen molar-refractivity contribution in [1.29, 1.82) is 0 Å². The second kappa shape index (κ2) is 4.49. The Morgan fingerprint density at radius 2 is 2.19 bits per heavy atom. The van der Waals surface area contributed by atoms with Crippen LogP contribution in [0.3, 0.4) is 0 Å². The maximum atomic E-state index is 10.7. The van der Waals surface area contributed by atoms with Gasteiger partial charge >= 0.3 is 0 Å². The van der Waals surface area contributed by atoms with Gasteiger partial charge in [-0.05, 0) is 18.2 Å². The third kappa shape index (κ3) is 2.14. The molecule has 4 nitrogen and oxygen atoms in total. The molecule has 2 rings (SSSR count). The lowest BCUT2D eigenvalue weighted by Crippen LogP contribution is -2.20. The first-order valence-corrected chi connectivity index (χ1v) is 5.41. The Labute approximate surface area is 101 Å². The highest BCUT2D eigenvalue weighted by molar-refractivity contribution is 9.10. The van der Waals surface area contributed by atoms with Crippen LogP contribution in [-0.2, 0) is 4.79 Å². The monoisotopic (exact) mass is 280 g/mol. The Kier molecular flexibility index (Phi) is 3.05. The van der Waals surface area contributed by atoms with Crippen LogP contribution in [0.5, 0.6) is 5.75 Å². The van der Waals surface area contributed by atoms with Crippen molar-refractivity contribution >= 4 is 32.6 Å². The second-order valence-electron chi connectivity index (χ2n) is 3.22. The van der Waals surface area contributed by atoms with Gasteiger partial charge in [0, 0.05) is 27.6 Å². The average Bonchev–Trinajstić information content (AvgIpc) is 2.28. The standard InChI is InChI=1S/C11H9BrN2O2/c12-9-1-2-10(16-6-11(13)15)7-3-4-14-5-8(7)9/h1-5H,6H2,(H2,13,15). The van der Waals surface area contributed by atoms with Crippen molar-refractivity contribution in [3.05, 3.63) is 35.1 Å². The van der Waals surface area contributed by atoms with Crippen LogP contribution < -0.4 is 10.5 Å². The van der Waals surface area contributed by atoms with Gasteiger partial charge in [0.05, 0.1) is 0 Å². The molecule has 1 heterocycles. The van der Waals surface area contributed by atoms with Crippen molar-refractivity contribution < 1.29 is 9.53 Å². The fraction of sp³-hybridized carbons (Fsp3) is 0.0909. The summed E-state index contributed by atoms with van der Waals surface area (Å²) >= 11 is 3.42. The van der Waals surface area contributed by atoms with Gasteiger partial charge in [0.15, 0.2) is 6.61 Å². The number of carbonyl (C=O) groups is 1. The van der Waals surface area contributed by atoms with E-state index >= 15 is 0 Å². The lowest BCUT2D eigenvalue weighted by atomic mass is 10.1. The summed E-state index contributed by atoms with van der Waals surface area (Å²) in [6.07, 6.45) is 3.41. The smallest absolute Gasteiger partial charge is 0.255 e. The second-order valence-corrected chi connectivity index (χ2v) is 4.08. The number of aromatic nitrogens is 1. The molecular formula is C11H9BrN2O2. The number of benzene rings is 1. The summed E-state index contributed by atoms with van der Waals surface area (Å²) in [6, 6.07) is 5.46. The zero-order valence-corrected chi connectivity index (χ0v) is 9.90. The van der Waals surface area contributed by atoms with Gasteiger partial charge in [0.25, 0.3) is 5.91 Å². The predicted molar refractivity (Wildman–Crippen MR) is 64.1 cm³/mol. The largest absolute Gasteiger partial charge is 0.483 e. The Morgan fingerprint density at radius 3 is 2.94 bits per heavy atom. The Morgan fingerprint density at radius 1 is 1.38 bits per heavy atom. The van der Waals surface area contributed by atoms with Crippen LogP contribution in [0.15, 0.2) is 35.1 Å². The van der Waals surface area contributed by atoms with Crippen LogP contribution in [0.2, 0.25) is 0 Å². The predicted octanol–water partition coefficient (Wildman–Crippen LogP) is 1.86. The number of carbonyl (C=O) groups excluding carboxylic acids is 1. The fourth-order valence-electron chi connectivity index (χ4n) is 1.40. The first kappa shape index (κ1) is 10.9. The van der Waals surface area contributed by atoms with Crippen molar-refractivity contribution in [3.63, 3.8) is 0 Å². The Hall–Kier alpha value is -1.62. The summed E-state index contributed by atoms with van der Waals surface area (Å²) in [5.41, 5.74) is 5.03. The van der Waals surface area contributed by atoms with E-state index in [0.717, 1.165) is 15.2 Å². The average molecular weight is 281 g/mol. The van der Waals surface area contributed by atoms with Crippen LogP contribution in [0.4, 0.5) is 0 Å². The first-order chi connectivity index (χ1) is 7.68. The summed E-state index contributed by atoms with van der Waals surface area (Å²) < 4.78 is 6.24. The molecule has 0 radical (unpaired) electrons. The summed E-state index contributed by atoms with van der Waals surface area (Å²) in [4.78, 5) is 14.7. The highest BCUT2D eigenvalue weighted by Gasteiger charge is 2.06. The van der Waals surface area contributed by atoms with Gasteiger partial charge in [-0.1, -0.05) is 15.9 Å². The Balaban J connectivity index is 2.46. The van der Waals surface area contributed by atoms with E-state index in [4.69, 9.17) is 10.5 Å². The van der Waals surface area contributed by atoms with E-state index in [1.54, 1.807) is 18.5 Å². The molecule has 0 fully saturated rings. The van der Waals surface area contributed by atoms with Gasteiger partial charge in [-0.2, -0.15) is 0 Å². The maximum absolute atomic E-state index is 10.7. The normalized spacial score (nSPS) is 10.3. The van der Waals surface area contributed by atoms with Crippen molar-refractivity contribution in [3.8, 4) is 5.75 Å². The number of hydrogen-bond acceptors (Lipinski definition) is 3. The molecule has 1 amide bonds. The van der Waals surface area contributed by atoms with Gasteiger partial charge in [-0.15, -0.1) is 0 Å². The van der Waals surface area contributed by atoms with Crippen LogP contribution in [0, 0.1) is 0 Å². The zero-order valence-electron chi connectivity index (χ0n) is 8.31. The number of halogens is 1. The number of nitrogens with zero attached hydrogens (tertiary/aromatic N) is 1. The summed E-state index contributed by atoms with van der Waals surface area (Å²) in [5.74, 6) is 0.129. The molecule has 2 N–H and O–H groups in total. The fourth-order valence-corrected chi connectivity index (χ4v) is 1.85. The van der Waals surface area contributed by atoms with Gasteiger partial charge in [-0.25, -0.2) is 0 Å². The quantitative estimate of drug-likeness (QED) is 0.933. The third-order valence-electron chi connectivity index (χ3n) is 2.09. The highest BCUT2D eigenvalue weighted by atomic mass is 79.9. The first-order valence-electron chi connectivity index (χ1n) is 4.62. The molecule has 0 bridgehead atoms.